The first kappa shape index (κ1) is 17.8. The Labute approximate surface area is 164 Å². The number of amides is 1. The van der Waals surface area contributed by atoms with Gasteiger partial charge in [0.05, 0.1) is 30.0 Å². The first-order valence-electron chi connectivity index (χ1n) is 10.5. The van der Waals surface area contributed by atoms with Gasteiger partial charge in [-0.2, -0.15) is 10.1 Å². The van der Waals surface area contributed by atoms with Gasteiger partial charge in [-0.15, -0.1) is 0 Å². The van der Waals surface area contributed by atoms with Gasteiger partial charge in [0.1, 0.15) is 5.54 Å². The molecule has 2 aromatic heterocycles. The Kier molecular flexibility index (Phi) is 4.66. The summed E-state index contributed by atoms with van der Waals surface area (Å²) in [5.41, 5.74) is 1.16. The Balaban J connectivity index is 1.44. The molecule has 28 heavy (non-hydrogen) atoms. The van der Waals surface area contributed by atoms with Crippen molar-refractivity contribution in [3.8, 4) is 0 Å². The largest absolute Gasteiger partial charge is 0.381 e. The van der Waals surface area contributed by atoms with Gasteiger partial charge in [-0.25, -0.2) is 0 Å². The minimum atomic E-state index is -0.567. The fraction of sp³-hybridized carbons (Fsp3) is 0.700. The van der Waals surface area contributed by atoms with Crippen molar-refractivity contribution in [1.82, 2.24) is 25.2 Å². The van der Waals surface area contributed by atoms with E-state index in [1.54, 1.807) is 6.20 Å². The first-order valence-corrected chi connectivity index (χ1v) is 10.5. The third kappa shape index (κ3) is 3.13. The van der Waals surface area contributed by atoms with Crippen molar-refractivity contribution in [2.24, 2.45) is 0 Å². The molecule has 2 aliphatic heterocycles. The van der Waals surface area contributed by atoms with Crippen LogP contribution in [-0.2, 0) is 23.2 Å². The van der Waals surface area contributed by atoms with Crippen molar-refractivity contribution in [2.45, 2.75) is 75.8 Å². The number of rotatable bonds is 4. The lowest BCUT2D eigenvalue weighted by Crippen LogP contribution is -2.46. The quantitative estimate of drug-likeness (QED) is 0.813. The number of aromatic nitrogens is 4. The van der Waals surface area contributed by atoms with Crippen molar-refractivity contribution >= 4 is 5.91 Å². The number of hydrogen-bond acceptors (Lipinski definition) is 6. The summed E-state index contributed by atoms with van der Waals surface area (Å²) in [6, 6.07) is 0. The second-order valence-electron chi connectivity index (χ2n) is 8.30. The molecule has 3 aliphatic rings. The standard InChI is InChI=1S/C20H27N5O3/c26-17(15-12-21-25-10-5-6-16(15)25)23-20(8-3-1-2-4-9-20)19-22-18(28-24-19)14-7-11-27-13-14/h12,14H,1-11,13H2,(H,23,26). The zero-order valence-corrected chi connectivity index (χ0v) is 16.2. The molecule has 1 N–H and O–H groups in total. The van der Waals surface area contributed by atoms with E-state index in [-0.39, 0.29) is 11.8 Å². The van der Waals surface area contributed by atoms with Gasteiger partial charge in [-0.1, -0.05) is 30.8 Å². The Morgan fingerprint density at radius 3 is 2.86 bits per heavy atom. The van der Waals surface area contributed by atoms with Gasteiger partial charge >= 0.3 is 0 Å². The molecule has 1 aliphatic carbocycles. The SMILES string of the molecule is O=C(NC1(c2noc(C3CCOC3)n2)CCCCCC1)c1cnn2c1CCC2. The number of nitrogens with one attached hydrogen (secondary N) is 1. The molecule has 8 heteroatoms. The summed E-state index contributed by atoms with van der Waals surface area (Å²) in [5.74, 6) is 1.35. The molecule has 1 amide bonds. The van der Waals surface area contributed by atoms with Crippen LogP contribution in [0.15, 0.2) is 10.7 Å². The monoisotopic (exact) mass is 385 g/mol. The molecule has 0 spiro atoms. The third-order valence-corrected chi connectivity index (χ3v) is 6.44. The van der Waals surface area contributed by atoms with Gasteiger partial charge in [0.2, 0.25) is 5.89 Å². The second-order valence-corrected chi connectivity index (χ2v) is 8.30. The van der Waals surface area contributed by atoms with Gasteiger partial charge in [-0.3, -0.25) is 9.48 Å². The first-order chi connectivity index (χ1) is 13.8. The Morgan fingerprint density at radius 2 is 2.07 bits per heavy atom. The zero-order valence-electron chi connectivity index (χ0n) is 16.2. The van der Waals surface area contributed by atoms with Crippen LogP contribution in [0.2, 0.25) is 0 Å². The summed E-state index contributed by atoms with van der Waals surface area (Å²) < 4.78 is 13.0. The molecule has 5 rings (SSSR count). The number of hydrogen-bond donors (Lipinski definition) is 1. The molecule has 0 radical (unpaired) electrons. The Bertz CT molecular complexity index is 844. The Hall–Kier alpha value is -2.22. The van der Waals surface area contributed by atoms with Gasteiger partial charge in [0.25, 0.3) is 5.91 Å². The molecule has 2 aromatic rings. The van der Waals surface area contributed by atoms with E-state index in [9.17, 15) is 4.79 Å². The van der Waals surface area contributed by atoms with Gasteiger partial charge in [-0.05, 0) is 32.1 Å². The molecule has 4 heterocycles. The normalized spacial score (nSPS) is 24.1. The predicted octanol–water partition coefficient (Wildman–Crippen LogP) is 2.70. The molecular weight excluding hydrogens is 358 g/mol. The van der Waals surface area contributed by atoms with E-state index in [1.807, 2.05) is 4.68 Å². The minimum absolute atomic E-state index is 0.0689. The molecule has 1 saturated heterocycles. The van der Waals surface area contributed by atoms with E-state index in [0.29, 0.717) is 23.9 Å². The van der Waals surface area contributed by atoms with Crippen molar-refractivity contribution in [3.63, 3.8) is 0 Å². The summed E-state index contributed by atoms with van der Waals surface area (Å²) in [6.45, 7) is 2.26. The highest BCUT2D eigenvalue weighted by Crippen LogP contribution is 2.36. The molecular formula is C20H27N5O3. The molecule has 0 bridgehead atoms. The van der Waals surface area contributed by atoms with Crippen LogP contribution in [0.25, 0.3) is 0 Å². The van der Waals surface area contributed by atoms with Crippen LogP contribution in [0.4, 0.5) is 0 Å². The van der Waals surface area contributed by atoms with Crippen LogP contribution >= 0.6 is 0 Å². The number of aryl methyl sites for hydroxylation is 1. The fourth-order valence-electron chi connectivity index (χ4n) is 4.80. The summed E-state index contributed by atoms with van der Waals surface area (Å²) in [6.07, 6.45) is 10.7. The summed E-state index contributed by atoms with van der Waals surface area (Å²) in [5, 5.41) is 12.0. The van der Waals surface area contributed by atoms with Crippen LogP contribution in [-0.4, -0.2) is 39.0 Å². The third-order valence-electron chi connectivity index (χ3n) is 6.44. The van der Waals surface area contributed by atoms with E-state index in [0.717, 1.165) is 63.8 Å². The lowest BCUT2D eigenvalue weighted by atomic mass is 9.88. The summed E-state index contributed by atoms with van der Waals surface area (Å²) in [7, 11) is 0. The van der Waals surface area contributed by atoms with Gasteiger partial charge in [0, 0.05) is 13.2 Å². The maximum absolute atomic E-state index is 13.2. The van der Waals surface area contributed by atoms with E-state index >= 15 is 0 Å². The highest BCUT2D eigenvalue weighted by molar-refractivity contribution is 5.95. The molecule has 1 saturated carbocycles. The van der Waals surface area contributed by atoms with Crippen molar-refractivity contribution in [2.75, 3.05) is 13.2 Å². The number of carbonyl (C=O) groups is 1. The average Bonchev–Trinajstić information content (AvgIpc) is 3.46. The predicted molar refractivity (Wildman–Crippen MR) is 99.9 cm³/mol. The summed E-state index contributed by atoms with van der Waals surface area (Å²) in [4.78, 5) is 18.0. The molecule has 0 aromatic carbocycles. The highest BCUT2D eigenvalue weighted by atomic mass is 16.5. The van der Waals surface area contributed by atoms with Gasteiger partial charge < -0.3 is 14.6 Å². The number of nitrogens with zero attached hydrogens (tertiary/aromatic N) is 4. The average molecular weight is 385 g/mol. The van der Waals surface area contributed by atoms with Gasteiger partial charge in [0.15, 0.2) is 5.82 Å². The van der Waals surface area contributed by atoms with E-state index in [1.165, 1.54) is 12.8 Å². The molecule has 8 nitrogen and oxygen atoms in total. The molecule has 1 unspecified atom stereocenters. The van der Waals surface area contributed by atoms with Crippen molar-refractivity contribution in [3.05, 3.63) is 29.2 Å². The van der Waals surface area contributed by atoms with Crippen LogP contribution < -0.4 is 5.32 Å². The van der Waals surface area contributed by atoms with Crippen LogP contribution in [0.5, 0.6) is 0 Å². The molecule has 2 fully saturated rings. The summed E-state index contributed by atoms with van der Waals surface area (Å²) >= 11 is 0. The molecule has 1 atom stereocenters. The van der Waals surface area contributed by atoms with Crippen molar-refractivity contribution < 1.29 is 14.1 Å². The van der Waals surface area contributed by atoms with Crippen LogP contribution in [0.1, 0.15) is 85.1 Å². The van der Waals surface area contributed by atoms with Crippen LogP contribution in [0, 0.1) is 0 Å². The lowest BCUT2D eigenvalue weighted by molar-refractivity contribution is 0.0875. The van der Waals surface area contributed by atoms with Crippen molar-refractivity contribution in [1.29, 1.82) is 0 Å². The lowest BCUT2D eigenvalue weighted by Gasteiger charge is -2.30. The fourth-order valence-corrected chi connectivity index (χ4v) is 4.80. The minimum Gasteiger partial charge on any atom is -0.381 e. The van der Waals surface area contributed by atoms with E-state index in [4.69, 9.17) is 14.2 Å². The maximum atomic E-state index is 13.2. The second kappa shape index (κ2) is 7.31. The zero-order chi connectivity index (χ0) is 19.0. The topological polar surface area (TPSA) is 95.1 Å². The smallest absolute Gasteiger partial charge is 0.255 e. The molecule has 150 valence electrons. The number of fused-ring (bicyclic) bond motifs is 1. The van der Waals surface area contributed by atoms with E-state index < -0.39 is 5.54 Å². The number of carbonyl (C=O) groups excluding carboxylic acids is 1. The highest BCUT2D eigenvalue weighted by Gasteiger charge is 2.40. The number of ether oxygens (including phenoxy) is 1. The maximum Gasteiger partial charge on any atom is 0.255 e. The van der Waals surface area contributed by atoms with E-state index in [2.05, 4.69) is 15.6 Å². The Morgan fingerprint density at radius 1 is 1.21 bits per heavy atom. The van der Waals surface area contributed by atoms with Crippen LogP contribution in [0.3, 0.4) is 0 Å².